The Morgan fingerprint density at radius 1 is 1.88 bits per heavy atom. The molecular weight excluding hydrogens is 124 g/mol. The van der Waals surface area contributed by atoms with Gasteiger partial charge >= 0.3 is 0 Å². The number of aliphatic imine (C=N–C) groups is 1. The molecule has 0 aliphatic carbocycles. The van der Waals surface area contributed by atoms with Crippen LogP contribution >= 0.6 is 11.6 Å². The molecule has 0 aromatic carbocycles. The van der Waals surface area contributed by atoms with Crippen molar-refractivity contribution in [3.63, 3.8) is 0 Å². The maximum Gasteiger partial charge on any atom is 0.0963 e. The van der Waals surface area contributed by atoms with Gasteiger partial charge in [-0.25, -0.2) is 0 Å². The van der Waals surface area contributed by atoms with E-state index in [1.54, 1.807) is 6.21 Å². The maximum absolute atomic E-state index is 5.67. The lowest BCUT2D eigenvalue weighted by molar-refractivity contribution is 0.564. The summed E-state index contributed by atoms with van der Waals surface area (Å²) in [5.74, 6) is 0. The second-order valence-corrected chi connectivity index (χ2v) is 2.46. The van der Waals surface area contributed by atoms with Crippen LogP contribution in [0.1, 0.15) is 6.92 Å². The minimum Gasteiger partial charge on any atom is -0.294 e. The Bertz CT molecular complexity index is 90.6. The molecule has 3 heteroatoms. The second-order valence-electron chi connectivity index (χ2n) is 1.90. The lowest BCUT2D eigenvalue weighted by atomic mass is 10.4. The van der Waals surface area contributed by atoms with E-state index in [-0.39, 0.29) is 11.5 Å². The summed E-state index contributed by atoms with van der Waals surface area (Å²) >= 11 is 5.67. The van der Waals surface area contributed by atoms with E-state index in [1.807, 2.05) is 6.92 Å². The van der Waals surface area contributed by atoms with Gasteiger partial charge in [-0.3, -0.25) is 10.3 Å². The lowest BCUT2D eigenvalue weighted by Crippen LogP contribution is -2.35. The fourth-order valence-corrected chi connectivity index (χ4v) is 0.765. The number of hydrogen-bond donors (Lipinski definition) is 1. The van der Waals surface area contributed by atoms with Gasteiger partial charge in [0.15, 0.2) is 0 Å². The minimum atomic E-state index is 0.0891. The van der Waals surface area contributed by atoms with Gasteiger partial charge in [0.1, 0.15) is 0 Å². The zero-order valence-electron chi connectivity index (χ0n) is 4.76. The zero-order valence-corrected chi connectivity index (χ0v) is 5.52. The van der Waals surface area contributed by atoms with Crippen molar-refractivity contribution in [2.45, 2.75) is 18.5 Å². The first-order valence-corrected chi connectivity index (χ1v) is 3.13. The molecule has 1 aliphatic heterocycles. The molecule has 1 N–H and O–H groups in total. The smallest absolute Gasteiger partial charge is 0.0963 e. The van der Waals surface area contributed by atoms with E-state index in [2.05, 4.69) is 10.3 Å². The Kier molecular flexibility index (Phi) is 1.86. The molecule has 2 atom stereocenters. The lowest BCUT2D eigenvalue weighted by Gasteiger charge is -2.15. The number of hydrogen-bond acceptors (Lipinski definition) is 2. The van der Waals surface area contributed by atoms with E-state index in [4.69, 9.17) is 11.6 Å². The van der Waals surface area contributed by atoms with E-state index in [9.17, 15) is 0 Å². The third-order valence-electron chi connectivity index (χ3n) is 1.08. The highest BCUT2D eigenvalue weighted by Gasteiger charge is 2.07. The molecule has 0 bridgehead atoms. The van der Waals surface area contributed by atoms with E-state index in [0.717, 1.165) is 6.54 Å². The molecule has 1 aliphatic rings. The average Bonchev–Trinajstić information content (AvgIpc) is 1.77. The molecule has 0 aromatic rings. The molecule has 0 aromatic heterocycles. The van der Waals surface area contributed by atoms with Crippen LogP contribution in [0.15, 0.2) is 4.99 Å². The minimum absolute atomic E-state index is 0.0891. The Balaban J connectivity index is 2.42. The first-order chi connectivity index (χ1) is 3.79. The summed E-state index contributed by atoms with van der Waals surface area (Å²) in [4.78, 5) is 4.04. The summed E-state index contributed by atoms with van der Waals surface area (Å²) in [6.45, 7) is 2.84. The highest BCUT2D eigenvalue weighted by molar-refractivity contribution is 6.28. The highest BCUT2D eigenvalue weighted by atomic mass is 35.5. The number of nitrogens with one attached hydrogen (secondary N) is 1. The van der Waals surface area contributed by atoms with E-state index in [1.165, 1.54) is 0 Å². The van der Waals surface area contributed by atoms with Gasteiger partial charge in [-0.1, -0.05) is 0 Å². The average molecular weight is 133 g/mol. The molecule has 0 radical (unpaired) electrons. The summed E-state index contributed by atoms with van der Waals surface area (Å²) in [5, 5.41) is 3.19. The molecule has 0 fully saturated rings. The number of halogens is 1. The maximum atomic E-state index is 5.67. The van der Waals surface area contributed by atoms with Gasteiger partial charge in [-0.15, -0.1) is 11.6 Å². The molecule has 0 spiro atoms. The third kappa shape index (κ3) is 1.46. The van der Waals surface area contributed by atoms with Gasteiger partial charge < -0.3 is 0 Å². The Hall–Kier alpha value is -0.0800. The molecule has 0 amide bonds. The Morgan fingerprint density at radius 3 is 3.00 bits per heavy atom. The monoisotopic (exact) mass is 132 g/mol. The van der Waals surface area contributed by atoms with Crippen LogP contribution in [0.4, 0.5) is 0 Å². The fourth-order valence-electron chi connectivity index (χ4n) is 0.611. The summed E-state index contributed by atoms with van der Waals surface area (Å²) in [6.07, 6.45) is 2.04. The molecule has 1 rings (SSSR count). The van der Waals surface area contributed by atoms with Crippen LogP contribution < -0.4 is 5.32 Å². The topological polar surface area (TPSA) is 24.4 Å². The summed E-state index contributed by atoms with van der Waals surface area (Å²) in [7, 11) is 0. The van der Waals surface area contributed by atoms with Gasteiger partial charge in [0, 0.05) is 12.8 Å². The third-order valence-corrected chi connectivity index (χ3v) is 1.35. The largest absolute Gasteiger partial charge is 0.294 e. The molecule has 0 saturated carbocycles. The van der Waals surface area contributed by atoms with Crippen LogP contribution in [0.5, 0.6) is 0 Å². The quantitative estimate of drug-likeness (QED) is 0.480. The second kappa shape index (κ2) is 2.46. The summed E-state index contributed by atoms with van der Waals surface area (Å²) in [5.41, 5.74) is 0. The van der Waals surface area contributed by atoms with Crippen molar-refractivity contribution >= 4 is 17.8 Å². The van der Waals surface area contributed by atoms with Gasteiger partial charge in [0.25, 0.3) is 0 Å². The van der Waals surface area contributed by atoms with E-state index >= 15 is 0 Å². The summed E-state index contributed by atoms with van der Waals surface area (Å²) in [6, 6.07) is 0. The predicted octanol–water partition coefficient (Wildman–Crippen LogP) is 0.614. The molecular formula is C5H9ClN2. The van der Waals surface area contributed by atoms with Crippen molar-refractivity contribution in [1.82, 2.24) is 5.32 Å². The van der Waals surface area contributed by atoms with E-state index < -0.39 is 0 Å². The zero-order chi connectivity index (χ0) is 5.98. The summed E-state index contributed by atoms with van der Waals surface area (Å²) < 4.78 is 0. The van der Waals surface area contributed by atoms with Gasteiger partial charge in [-0.2, -0.15) is 0 Å². The highest BCUT2D eigenvalue weighted by Crippen LogP contribution is 1.97. The van der Waals surface area contributed by atoms with Crippen molar-refractivity contribution in [2.75, 3.05) is 6.54 Å². The molecule has 0 saturated heterocycles. The Morgan fingerprint density at radius 2 is 2.62 bits per heavy atom. The van der Waals surface area contributed by atoms with E-state index in [0.29, 0.717) is 0 Å². The molecule has 2 unspecified atom stereocenters. The van der Waals surface area contributed by atoms with Crippen LogP contribution in [0, 0.1) is 0 Å². The van der Waals surface area contributed by atoms with Crippen LogP contribution in [0.2, 0.25) is 0 Å². The number of rotatable bonds is 0. The SMILES string of the molecule is CC1N=CC(Cl)CN1. The molecule has 8 heavy (non-hydrogen) atoms. The van der Waals surface area contributed by atoms with Gasteiger partial charge in [0.05, 0.1) is 11.5 Å². The van der Waals surface area contributed by atoms with Crippen molar-refractivity contribution in [3.05, 3.63) is 0 Å². The van der Waals surface area contributed by atoms with Crippen molar-refractivity contribution < 1.29 is 0 Å². The van der Waals surface area contributed by atoms with Crippen molar-refractivity contribution in [1.29, 1.82) is 0 Å². The molecule has 46 valence electrons. The number of nitrogens with zero attached hydrogens (tertiary/aromatic N) is 1. The standard InChI is InChI=1S/C5H9ClN2/c1-4-7-2-5(6)3-8-4/h2,4-5,8H,3H2,1H3. The van der Waals surface area contributed by atoms with Crippen LogP contribution in [-0.4, -0.2) is 24.3 Å². The van der Waals surface area contributed by atoms with Gasteiger partial charge in [0.2, 0.25) is 0 Å². The van der Waals surface area contributed by atoms with Crippen molar-refractivity contribution in [3.8, 4) is 0 Å². The predicted molar refractivity (Wildman–Crippen MR) is 35.6 cm³/mol. The normalized spacial score (nSPS) is 37.8. The van der Waals surface area contributed by atoms with Gasteiger partial charge in [-0.05, 0) is 6.92 Å². The van der Waals surface area contributed by atoms with Crippen LogP contribution in [-0.2, 0) is 0 Å². The number of alkyl halides is 1. The molecule has 2 nitrogen and oxygen atoms in total. The van der Waals surface area contributed by atoms with Crippen molar-refractivity contribution in [2.24, 2.45) is 4.99 Å². The fraction of sp³-hybridized carbons (Fsp3) is 0.800. The first kappa shape index (κ1) is 6.05. The van der Waals surface area contributed by atoms with Crippen LogP contribution in [0.3, 0.4) is 0 Å². The first-order valence-electron chi connectivity index (χ1n) is 2.70. The van der Waals surface area contributed by atoms with Crippen LogP contribution in [0.25, 0.3) is 0 Å². The molecule has 1 heterocycles. The Labute approximate surface area is 53.9 Å².